The lowest BCUT2D eigenvalue weighted by atomic mass is 10.0. The zero-order valence-electron chi connectivity index (χ0n) is 7.69. The number of nitrogens with two attached hydrogens (primary N) is 2. The van der Waals surface area contributed by atoms with Crippen molar-refractivity contribution in [2.75, 3.05) is 6.54 Å². The van der Waals surface area contributed by atoms with Crippen molar-refractivity contribution in [3.05, 3.63) is 0 Å². The van der Waals surface area contributed by atoms with Gasteiger partial charge in [-0.15, -0.1) is 0 Å². The summed E-state index contributed by atoms with van der Waals surface area (Å²) in [6, 6.07) is -0.562. The van der Waals surface area contributed by atoms with E-state index >= 15 is 0 Å². The molecule has 4 N–H and O–H groups in total. The molecule has 1 unspecified atom stereocenters. The maximum atomic E-state index is 11.4. The maximum absolute atomic E-state index is 11.4. The van der Waals surface area contributed by atoms with Crippen molar-refractivity contribution < 1.29 is 9.59 Å². The van der Waals surface area contributed by atoms with E-state index in [2.05, 4.69) is 0 Å². The van der Waals surface area contributed by atoms with Crippen molar-refractivity contribution in [3.63, 3.8) is 0 Å². The van der Waals surface area contributed by atoms with Gasteiger partial charge in [0, 0.05) is 19.0 Å². The Kier molecular flexibility index (Phi) is 2.87. The summed E-state index contributed by atoms with van der Waals surface area (Å²) in [4.78, 5) is 23.7. The van der Waals surface area contributed by atoms with Gasteiger partial charge in [-0.2, -0.15) is 0 Å². The molecule has 1 aliphatic rings. The first-order valence-electron chi connectivity index (χ1n) is 4.36. The number of nitrogens with zero attached hydrogens (tertiary/aromatic N) is 1. The highest BCUT2D eigenvalue weighted by Gasteiger charge is 2.35. The van der Waals surface area contributed by atoms with E-state index in [1.165, 1.54) is 4.90 Å². The van der Waals surface area contributed by atoms with Crippen LogP contribution in [0.3, 0.4) is 0 Å². The van der Waals surface area contributed by atoms with E-state index in [0.29, 0.717) is 13.0 Å². The number of amides is 2. The van der Waals surface area contributed by atoms with Crippen LogP contribution in [0.4, 0.5) is 0 Å². The highest BCUT2D eigenvalue weighted by Crippen LogP contribution is 2.18. The third-order valence-corrected chi connectivity index (χ3v) is 2.17. The van der Waals surface area contributed by atoms with Crippen LogP contribution in [-0.2, 0) is 9.59 Å². The van der Waals surface area contributed by atoms with Gasteiger partial charge in [0.05, 0.1) is 0 Å². The summed E-state index contributed by atoms with van der Waals surface area (Å²) >= 11 is 0. The van der Waals surface area contributed by atoms with Gasteiger partial charge in [0.1, 0.15) is 6.04 Å². The predicted molar refractivity (Wildman–Crippen MR) is 47.6 cm³/mol. The zero-order chi connectivity index (χ0) is 10.0. The largest absolute Gasteiger partial charge is 0.368 e. The molecule has 13 heavy (non-hydrogen) atoms. The molecule has 1 saturated heterocycles. The Morgan fingerprint density at radius 3 is 2.54 bits per heavy atom. The monoisotopic (exact) mass is 185 g/mol. The van der Waals surface area contributed by atoms with Crippen molar-refractivity contribution in [1.29, 1.82) is 0 Å². The van der Waals surface area contributed by atoms with E-state index < -0.39 is 11.9 Å². The van der Waals surface area contributed by atoms with Crippen LogP contribution in [0.15, 0.2) is 0 Å². The molecule has 1 aliphatic heterocycles. The van der Waals surface area contributed by atoms with Gasteiger partial charge >= 0.3 is 0 Å². The Morgan fingerprint density at radius 1 is 1.62 bits per heavy atom. The van der Waals surface area contributed by atoms with Crippen molar-refractivity contribution in [2.45, 2.75) is 31.8 Å². The van der Waals surface area contributed by atoms with Crippen LogP contribution >= 0.6 is 0 Å². The summed E-state index contributed by atoms with van der Waals surface area (Å²) in [6.45, 7) is 2.39. The first kappa shape index (κ1) is 9.98. The van der Waals surface area contributed by atoms with Crippen LogP contribution in [0.25, 0.3) is 0 Å². The topological polar surface area (TPSA) is 89.4 Å². The highest BCUT2D eigenvalue weighted by atomic mass is 16.2. The second-order valence-corrected chi connectivity index (χ2v) is 3.48. The molecule has 1 fully saturated rings. The first-order valence-corrected chi connectivity index (χ1v) is 4.36. The molecule has 0 saturated carbocycles. The lowest BCUT2D eigenvalue weighted by Gasteiger charge is -2.39. The van der Waals surface area contributed by atoms with Crippen molar-refractivity contribution in [1.82, 2.24) is 4.90 Å². The lowest BCUT2D eigenvalue weighted by molar-refractivity contribution is -0.146. The van der Waals surface area contributed by atoms with E-state index in [0.717, 1.165) is 0 Å². The van der Waals surface area contributed by atoms with E-state index in [4.69, 9.17) is 11.5 Å². The third-order valence-electron chi connectivity index (χ3n) is 2.17. The molecule has 0 aromatic carbocycles. The standard InChI is InChI=1S/C8H15N3O2/c1-5(9)4-7(12)11-3-2-6(11)8(10)13/h5-6H,2-4,9H2,1H3,(H2,10,13)/t5-,6?/m1/s1. The number of hydrogen-bond acceptors (Lipinski definition) is 3. The minimum atomic E-state index is -0.427. The molecule has 0 radical (unpaired) electrons. The molecule has 5 heteroatoms. The molecule has 2 atom stereocenters. The minimum Gasteiger partial charge on any atom is -0.368 e. The van der Waals surface area contributed by atoms with Crippen LogP contribution in [0, 0.1) is 0 Å². The third kappa shape index (κ3) is 2.18. The van der Waals surface area contributed by atoms with Crippen molar-refractivity contribution >= 4 is 11.8 Å². The van der Waals surface area contributed by atoms with Gasteiger partial charge in [-0.25, -0.2) is 0 Å². The number of primary amides is 1. The fourth-order valence-electron chi connectivity index (χ4n) is 1.37. The Labute approximate surface area is 77.1 Å². The molecule has 5 nitrogen and oxygen atoms in total. The first-order chi connectivity index (χ1) is 6.02. The normalized spacial score (nSPS) is 23.5. The Balaban J connectivity index is 2.44. The molecule has 1 rings (SSSR count). The SMILES string of the molecule is C[C@@H](N)CC(=O)N1CCC1C(N)=O. The van der Waals surface area contributed by atoms with E-state index in [9.17, 15) is 9.59 Å². The molecule has 0 bridgehead atoms. The van der Waals surface area contributed by atoms with Crippen molar-refractivity contribution in [3.8, 4) is 0 Å². The number of hydrogen-bond donors (Lipinski definition) is 2. The average Bonchev–Trinajstić information content (AvgIpc) is 1.79. The summed E-state index contributed by atoms with van der Waals surface area (Å²) in [7, 11) is 0. The number of carbonyl (C=O) groups excluding carboxylic acids is 2. The zero-order valence-corrected chi connectivity index (χ0v) is 7.69. The van der Waals surface area contributed by atoms with Gasteiger partial charge in [0.2, 0.25) is 11.8 Å². The summed E-state index contributed by atoms with van der Waals surface area (Å²) in [6.07, 6.45) is 0.962. The van der Waals surface area contributed by atoms with Gasteiger partial charge in [-0.05, 0) is 13.3 Å². The fraction of sp³-hybridized carbons (Fsp3) is 0.750. The van der Waals surface area contributed by atoms with E-state index in [1.807, 2.05) is 0 Å². The highest BCUT2D eigenvalue weighted by molar-refractivity contribution is 5.88. The molecular weight excluding hydrogens is 170 g/mol. The van der Waals surface area contributed by atoms with Crippen LogP contribution in [0.1, 0.15) is 19.8 Å². The lowest BCUT2D eigenvalue weighted by Crippen LogP contribution is -2.57. The molecule has 0 spiro atoms. The summed E-state index contributed by atoms with van der Waals surface area (Å²) < 4.78 is 0. The molecule has 2 amide bonds. The average molecular weight is 185 g/mol. The minimum absolute atomic E-state index is 0.0787. The maximum Gasteiger partial charge on any atom is 0.240 e. The smallest absolute Gasteiger partial charge is 0.240 e. The molecule has 1 heterocycles. The molecule has 0 aromatic heterocycles. The van der Waals surface area contributed by atoms with Gasteiger partial charge in [-0.3, -0.25) is 9.59 Å². The quantitative estimate of drug-likeness (QED) is 0.579. The summed E-state index contributed by atoms with van der Waals surface area (Å²) in [5.41, 5.74) is 10.6. The molecule has 0 aliphatic carbocycles. The fourth-order valence-corrected chi connectivity index (χ4v) is 1.37. The van der Waals surface area contributed by atoms with Crippen LogP contribution in [0.2, 0.25) is 0 Å². The summed E-state index contributed by atoms with van der Waals surface area (Å²) in [5.74, 6) is -0.505. The predicted octanol–water partition coefficient (Wildman–Crippen LogP) is -1.19. The van der Waals surface area contributed by atoms with E-state index in [-0.39, 0.29) is 18.4 Å². The second-order valence-electron chi connectivity index (χ2n) is 3.48. The second kappa shape index (κ2) is 3.74. The number of likely N-dealkylation sites (tertiary alicyclic amines) is 1. The molecular formula is C8H15N3O2. The number of carbonyl (C=O) groups is 2. The van der Waals surface area contributed by atoms with Crippen molar-refractivity contribution in [2.24, 2.45) is 11.5 Å². The molecule has 74 valence electrons. The molecule has 0 aromatic rings. The summed E-state index contributed by atoms with van der Waals surface area (Å²) in [5, 5.41) is 0. The van der Waals surface area contributed by atoms with Gasteiger partial charge < -0.3 is 16.4 Å². The Morgan fingerprint density at radius 2 is 2.23 bits per heavy atom. The van der Waals surface area contributed by atoms with Gasteiger partial charge in [-0.1, -0.05) is 0 Å². The van der Waals surface area contributed by atoms with E-state index in [1.54, 1.807) is 6.92 Å². The van der Waals surface area contributed by atoms with Crippen LogP contribution in [0.5, 0.6) is 0 Å². The van der Waals surface area contributed by atoms with Gasteiger partial charge in [0.25, 0.3) is 0 Å². The van der Waals surface area contributed by atoms with Crippen LogP contribution < -0.4 is 11.5 Å². The van der Waals surface area contributed by atoms with Crippen LogP contribution in [-0.4, -0.2) is 35.3 Å². The van der Waals surface area contributed by atoms with Gasteiger partial charge in [0.15, 0.2) is 0 Å². The number of rotatable bonds is 3. The Hall–Kier alpha value is -1.10. The Bertz CT molecular complexity index is 227.